The van der Waals surface area contributed by atoms with Gasteiger partial charge in [-0.3, -0.25) is 19.8 Å². The summed E-state index contributed by atoms with van der Waals surface area (Å²) in [5.41, 5.74) is 1.91. The van der Waals surface area contributed by atoms with Crippen LogP contribution < -0.4 is 4.90 Å². The molecule has 0 atom stereocenters. The van der Waals surface area contributed by atoms with Crippen molar-refractivity contribution in [2.24, 2.45) is 0 Å². The highest BCUT2D eigenvalue weighted by Crippen LogP contribution is 2.36. The molecule has 0 bridgehead atoms. The number of hydrogen-bond donors (Lipinski definition) is 0. The topological polar surface area (TPSA) is 63.5 Å². The van der Waals surface area contributed by atoms with E-state index in [1.807, 2.05) is 30.3 Å². The molecule has 0 N–H and O–H groups in total. The minimum atomic E-state index is -0.429. The molecule has 120 valence electrons. The number of hydrogen-bond acceptors (Lipinski definition) is 5. The van der Waals surface area contributed by atoms with Gasteiger partial charge in [0.15, 0.2) is 4.32 Å². The van der Waals surface area contributed by atoms with Crippen LogP contribution in [-0.2, 0) is 4.79 Å². The molecule has 1 saturated heterocycles. The van der Waals surface area contributed by atoms with E-state index in [0.29, 0.717) is 26.0 Å². The van der Waals surface area contributed by atoms with Crippen molar-refractivity contribution in [1.29, 1.82) is 0 Å². The largest absolute Gasteiger partial charge is 0.272 e. The lowest BCUT2D eigenvalue weighted by Crippen LogP contribution is -2.27. The fourth-order valence-corrected chi connectivity index (χ4v) is 3.63. The molecule has 0 aromatic heterocycles. The highest BCUT2D eigenvalue weighted by molar-refractivity contribution is 8.27. The average Bonchev–Trinajstić information content (AvgIpc) is 2.83. The zero-order chi connectivity index (χ0) is 17.3. The minimum absolute atomic E-state index is 0.0299. The van der Waals surface area contributed by atoms with Gasteiger partial charge in [0.1, 0.15) is 0 Å². The molecule has 1 amide bonds. The maximum Gasteiger partial charge on any atom is 0.272 e. The Morgan fingerprint density at radius 1 is 1.21 bits per heavy atom. The van der Waals surface area contributed by atoms with Gasteiger partial charge in [-0.2, -0.15) is 0 Å². The molecular formula is C17H12N2O3S2. The fraction of sp³-hybridized carbons (Fsp3) is 0.0588. The van der Waals surface area contributed by atoms with E-state index in [0.717, 1.165) is 0 Å². The first kappa shape index (κ1) is 16.4. The van der Waals surface area contributed by atoms with E-state index < -0.39 is 4.92 Å². The van der Waals surface area contributed by atoms with Crippen LogP contribution >= 0.6 is 24.0 Å². The fourth-order valence-electron chi connectivity index (χ4n) is 2.33. The van der Waals surface area contributed by atoms with Gasteiger partial charge in [-0.15, -0.1) is 0 Å². The third kappa shape index (κ3) is 3.08. The molecule has 1 aliphatic rings. The van der Waals surface area contributed by atoms with Gasteiger partial charge in [-0.25, -0.2) is 0 Å². The second-order valence-corrected chi connectivity index (χ2v) is 6.83. The second-order valence-electron chi connectivity index (χ2n) is 5.16. The lowest BCUT2D eigenvalue weighted by atomic mass is 10.1. The predicted molar refractivity (Wildman–Crippen MR) is 99.9 cm³/mol. The SMILES string of the molecule is Cc1ccc(/C=C2/SC(=S)N(c3ccccc3)C2=O)cc1[N+](=O)[O-]. The number of para-hydroxylation sites is 1. The number of nitro groups is 1. The number of benzene rings is 2. The zero-order valence-electron chi connectivity index (χ0n) is 12.6. The molecule has 2 aromatic carbocycles. The molecule has 0 radical (unpaired) electrons. The number of anilines is 1. The number of thioether (sulfide) groups is 1. The molecule has 3 rings (SSSR count). The third-order valence-corrected chi connectivity index (χ3v) is 4.84. The molecule has 0 unspecified atom stereocenters. The molecule has 2 aromatic rings. The highest BCUT2D eigenvalue weighted by atomic mass is 32.2. The summed E-state index contributed by atoms with van der Waals surface area (Å²) in [6.45, 7) is 1.68. The van der Waals surface area contributed by atoms with Gasteiger partial charge in [-0.05, 0) is 30.7 Å². The molecule has 0 saturated carbocycles. The first-order valence-electron chi connectivity index (χ1n) is 7.05. The highest BCUT2D eigenvalue weighted by Gasteiger charge is 2.33. The number of aryl methyl sites for hydroxylation is 1. The van der Waals surface area contributed by atoms with E-state index in [1.165, 1.54) is 22.7 Å². The molecular weight excluding hydrogens is 344 g/mol. The van der Waals surface area contributed by atoms with Crippen molar-refractivity contribution in [2.45, 2.75) is 6.92 Å². The van der Waals surface area contributed by atoms with Crippen molar-refractivity contribution in [3.63, 3.8) is 0 Å². The summed E-state index contributed by atoms with van der Waals surface area (Å²) in [6, 6.07) is 14.0. The summed E-state index contributed by atoms with van der Waals surface area (Å²) in [4.78, 5) is 25.2. The third-order valence-electron chi connectivity index (χ3n) is 3.54. The van der Waals surface area contributed by atoms with Gasteiger partial charge < -0.3 is 0 Å². The Morgan fingerprint density at radius 3 is 2.58 bits per heavy atom. The Morgan fingerprint density at radius 2 is 1.92 bits per heavy atom. The number of thiocarbonyl (C=S) groups is 1. The maximum atomic E-state index is 12.6. The Balaban J connectivity index is 1.95. The summed E-state index contributed by atoms with van der Waals surface area (Å²) >= 11 is 6.49. The van der Waals surface area contributed by atoms with Crippen molar-refractivity contribution < 1.29 is 9.72 Å². The Labute approximate surface area is 148 Å². The van der Waals surface area contributed by atoms with E-state index in [4.69, 9.17) is 12.2 Å². The van der Waals surface area contributed by atoms with Gasteiger partial charge in [0.2, 0.25) is 0 Å². The normalized spacial score (nSPS) is 16.0. The Kier molecular flexibility index (Phi) is 4.46. The van der Waals surface area contributed by atoms with Crippen molar-refractivity contribution >= 4 is 51.7 Å². The predicted octanol–water partition coefficient (Wildman–Crippen LogP) is 4.31. The molecule has 1 heterocycles. The van der Waals surface area contributed by atoms with Crippen LogP contribution in [0.4, 0.5) is 11.4 Å². The van der Waals surface area contributed by atoms with Crippen LogP contribution in [0.15, 0.2) is 53.4 Å². The van der Waals surface area contributed by atoms with Crippen LogP contribution in [0.25, 0.3) is 6.08 Å². The van der Waals surface area contributed by atoms with Crippen LogP contribution in [-0.4, -0.2) is 15.2 Å². The van der Waals surface area contributed by atoms with E-state index in [9.17, 15) is 14.9 Å². The van der Waals surface area contributed by atoms with Crippen LogP contribution in [0.3, 0.4) is 0 Å². The second kappa shape index (κ2) is 6.54. The van der Waals surface area contributed by atoms with Crippen LogP contribution in [0.2, 0.25) is 0 Å². The van der Waals surface area contributed by atoms with Crippen LogP contribution in [0.5, 0.6) is 0 Å². The number of carbonyl (C=O) groups is 1. The summed E-state index contributed by atoms with van der Waals surface area (Å²) in [5, 5.41) is 11.0. The average molecular weight is 356 g/mol. The first-order chi connectivity index (χ1) is 11.5. The smallest absolute Gasteiger partial charge is 0.268 e. The van der Waals surface area contributed by atoms with Gasteiger partial charge >= 0.3 is 0 Å². The number of amides is 1. The molecule has 5 nitrogen and oxygen atoms in total. The van der Waals surface area contributed by atoms with E-state index >= 15 is 0 Å². The molecule has 1 aliphatic heterocycles. The molecule has 1 fully saturated rings. The Hall–Kier alpha value is -2.51. The summed E-state index contributed by atoms with van der Waals surface area (Å²) in [5.74, 6) is -0.223. The molecule has 7 heteroatoms. The van der Waals surface area contributed by atoms with Crippen molar-refractivity contribution in [1.82, 2.24) is 0 Å². The van der Waals surface area contributed by atoms with Crippen LogP contribution in [0, 0.1) is 17.0 Å². The number of nitrogens with zero attached hydrogens (tertiary/aromatic N) is 2. The molecule has 0 spiro atoms. The van der Waals surface area contributed by atoms with E-state index in [-0.39, 0.29) is 11.6 Å². The monoisotopic (exact) mass is 356 g/mol. The number of carbonyl (C=O) groups excluding carboxylic acids is 1. The summed E-state index contributed by atoms with van der Waals surface area (Å²) in [6.07, 6.45) is 1.63. The standard InChI is InChI=1S/C17H12N2O3S2/c1-11-7-8-12(9-14(11)19(21)22)10-15-16(20)18(17(23)24-15)13-5-3-2-4-6-13/h2-10H,1H3/b15-10+. The molecule has 24 heavy (non-hydrogen) atoms. The van der Waals surface area contributed by atoms with Gasteiger partial charge in [-0.1, -0.05) is 54.3 Å². The zero-order valence-corrected chi connectivity index (χ0v) is 14.3. The minimum Gasteiger partial charge on any atom is -0.268 e. The van der Waals surface area contributed by atoms with Crippen LogP contribution in [0.1, 0.15) is 11.1 Å². The summed E-state index contributed by atoms with van der Waals surface area (Å²) < 4.78 is 0.444. The van der Waals surface area contributed by atoms with Gasteiger partial charge in [0.05, 0.1) is 15.5 Å². The van der Waals surface area contributed by atoms with E-state index in [2.05, 4.69) is 0 Å². The Bertz CT molecular complexity index is 879. The molecule has 0 aliphatic carbocycles. The maximum absolute atomic E-state index is 12.6. The first-order valence-corrected chi connectivity index (χ1v) is 8.28. The van der Waals surface area contributed by atoms with Crippen molar-refractivity contribution in [2.75, 3.05) is 4.90 Å². The van der Waals surface area contributed by atoms with Gasteiger partial charge in [0.25, 0.3) is 11.6 Å². The lowest BCUT2D eigenvalue weighted by Gasteiger charge is -2.13. The quantitative estimate of drug-likeness (QED) is 0.355. The van der Waals surface area contributed by atoms with Gasteiger partial charge in [0, 0.05) is 11.6 Å². The number of nitro benzene ring substituents is 1. The number of rotatable bonds is 3. The van der Waals surface area contributed by atoms with Crippen molar-refractivity contribution in [3.05, 3.63) is 74.7 Å². The van der Waals surface area contributed by atoms with E-state index in [1.54, 1.807) is 25.1 Å². The van der Waals surface area contributed by atoms with Crippen molar-refractivity contribution in [3.8, 4) is 0 Å². The summed E-state index contributed by atoms with van der Waals surface area (Å²) in [7, 11) is 0. The lowest BCUT2D eigenvalue weighted by molar-refractivity contribution is -0.385.